The molecule has 4 N–H and O–H groups in total. The first-order valence-electron chi connectivity index (χ1n) is 9.23. The summed E-state index contributed by atoms with van der Waals surface area (Å²) in [4.78, 5) is 39.0. The minimum absolute atomic E-state index is 0.0976. The number of nitrogens with one attached hydrogen (secondary N) is 2. The lowest BCUT2D eigenvalue weighted by Gasteiger charge is -2.23. The standard InChI is InChI=1S/C20H24N4O3S/c1-13(25)22-16(18-5-4-10-28-18)12-19(26)23-15-11-14(20(21)27)6-7-17(15)24-8-2-3-9-24/h4-7,10-11,16H,2-3,8-9,12H2,1H3,(H2,21,27)(H,22,25)(H,23,26). The second kappa shape index (κ2) is 8.88. The third kappa shape index (κ3) is 4.89. The van der Waals surface area contributed by atoms with Crippen LogP contribution in [0.5, 0.6) is 0 Å². The molecule has 1 saturated heterocycles. The van der Waals surface area contributed by atoms with Gasteiger partial charge in [0.25, 0.3) is 0 Å². The molecule has 28 heavy (non-hydrogen) atoms. The zero-order valence-electron chi connectivity index (χ0n) is 15.7. The summed E-state index contributed by atoms with van der Waals surface area (Å²) in [6, 6.07) is 8.50. The maximum absolute atomic E-state index is 12.8. The second-order valence-electron chi connectivity index (χ2n) is 6.81. The van der Waals surface area contributed by atoms with Gasteiger partial charge in [-0.25, -0.2) is 0 Å². The van der Waals surface area contributed by atoms with E-state index in [1.165, 1.54) is 18.3 Å². The van der Waals surface area contributed by atoms with Crippen LogP contribution in [0.3, 0.4) is 0 Å². The Kier molecular flexibility index (Phi) is 6.30. The maximum atomic E-state index is 12.8. The number of amides is 3. The smallest absolute Gasteiger partial charge is 0.248 e. The van der Waals surface area contributed by atoms with Crippen molar-refractivity contribution < 1.29 is 14.4 Å². The predicted molar refractivity (Wildman–Crippen MR) is 111 cm³/mol. The summed E-state index contributed by atoms with van der Waals surface area (Å²) in [5, 5.41) is 7.64. The number of nitrogens with two attached hydrogens (primary N) is 1. The van der Waals surface area contributed by atoms with Crippen molar-refractivity contribution in [1.82, 2.24) is 5.32 Å². The zero-order valence-corrected chi connectivity index (χ0v) is 16.6. The summed E-state index contributed by atoms with van der Waals surface area (Å²) in [5.74, 6) is -0.980. The molecule has 1 aliphatic heterocycles. The third-order valence-corrected chi connectivity index (χ3v) is 5.64. The lowest BCUT2D eigenvalue weighted by atomic mass is 10.1. The highest BCUT2D eigenvalue weighted by atomic mass is 32.1. The van der Waals surface area contributed by atoms with Crippen molar-refractivity contribution in [2.24, 2.45) is 5.73 Å². The number of rotatable bonds is 7. The number of hydrogen-bond acceptors (Lipinski definition) is 5. The van der Waals surface area contributed by atoms with Crippen LogP contribution in [0.2, 0.25) is 0 Å². The summed E-state index contributed by atoms with van der Waals surface area (Å²) >= 11 is 1.49. The van der Waals surface area contributed by atoms with Crippen LogP contribution in [0.1, 0.15) is 47.5 Å². The van der Waals surface area contributed by atoms with Crippen molar-refractivity contribution in [2.45, 2.75) is 32.2 Å². The molecule has 1 aromatic heterocycles. The van der Waals surface area contributed by atoms with Gasteiger partial charge in [-0.05, 0) is 42.5 Å². The summed E-state index contributed by atoms with van der Waals surface area (Å²) in [6.45, 7) is 3.24. The molecule has 1 aliphatic rings. The monoisotopic (exact) mass is 400 g/mol. The van der Waals surface area contributed by atoms with Crippen LogP contribution in [-0.4, -0.2) is 30.8 Å². The van der Waals surface area contributed by atoms with Crippen LogP contribution in [0.15, 0.2) is 35.7 Å². The van der Waals surface area contributed by atoms with E-state index in [2.05, 4.69) is 15.5 Å². The maximum Gasteiger partial charge on any atom is 0.248 e. The molecule has 0 aliphatic carbocycles. The van der Waals surface area contributed by atoms with E-state index in [1.54, 1.807) is 12.1 Å². The highest BCUT2D eigenvalue weighted by Crippen LogP contribution is 2.31. The molecular formula is C20H24N4O3S. The second-order valence-corrected chi connectivity index (χ2v) is 7.79. The van der Waals surface area contributed by atoms with Crippen LogP contribution < -0.4 is 21.3 Å². The fourth-order valence-corrected chi connectivity index (χ4v) is 4.15. The van der Waals surface area contributed by atoms with E-state index >= 15 is 0 Å². The molecule has 2 heterocycles. The number of nitrogens with zero attached hydrogens (tertiary/aromatic N) is 1. The molecule has 2 aromatic rings. The van der Waals surface area contributed by atoms with Crippen LogP contribution >= 0.6 is 11.3 Å². The Morgan fingerprint density at radius 1 is 1.21 bits per heavy atom. The minimum atomic E-state index is -0.543. The van der Waals surface area contributed by atoms with Gasteiger partial charge in [-0.1, -0.05) is 6.07 Å². The predicted octanol–water partition coefficient (Wildman–Crippen LogP) is 2.65. The number of thiophene rings is 1. The van der Waals surface area contributed by atoms with Gasteiger partial charge in [0.15, 0.2) is 0 Å². The summed E-state index contributed by atoms with van der Waals surface area (Å²) in [7, 11) is 0. The molecule has 8 heteroatoms. The first-order chi connectivity index (χ1) is 13.4. The fraction of sp³-hybridized carbons (Fsp3) is 0.350. The van der Waals surface area contributed by atoms with Gasteiger partial charge >= 0.3 is 0 Å². The average Bonchev–Trinajstić information content (AvgIpc) is 3.34. The third-order valence-electron chi connectivity index (χ3n) is 4.66. The van der Waals surface area contributed by atoms with Gasteiger partial charge in [-0.3, -0.25) is 14.4 Å². The van der Waals surface area contributed by atoms with E-state index in [1.807, 2.05) is 23.6 Å². The molecule has 1 fully saturated rings. The van der Waals surface area contributed by atoms with E-state index in [-0.39, 0.29) is 18.2 Å². The number of carbonyl (C=O) groups excluding carboxylic acids is 3. The Morgan fingerprint density at radius 3 is 2.57 bits per heavy atom. The molecule has 148 valence electrons. The van der Waals surface area contributed by atoms with Crippen molar-refractivity contribution in [3.63, 3.8) is 0 Å². The van der Waals surface area contributed by atoms with Crippen LogP contribution in [0.25, 0.3) is 0 Å². The molecule has 3 rings (SSSR count). The number of primary amides is 1. The van der Waals surface area contributed by atoms with E-state index in [9.17, 15) is 14.4 Å². The van der Waals surface area contributed by atoms with Gasteiger partial charge in [-0.15, -0.1) is 11.3 Å². The molecule has 7 nitrogen and oxygen atoms in total. The highest BCUT2D eigenvalue weighted by Gasteiger charge is 2.21. The van der Waals surface area contributed by atoms with Crippen LogP contribution in [0, 0.1) is 0 Å². The Balaban J connectivity index is 1.80. The first kappa shape index (κ1) is 19.9. The highest BCUT2D eigenvalue weighted by molar-refractivity contribution is 7.10. The number of hydrogen-bond donors (Lipinski definition) is 3. The van der Waals surface area contributed by atoms with E-state index in [4.69, 9.17) is 5.73 Å². The van der Waals surface area contributed by atoms with Gasteiger partial charge in [0.2, 0.25) is 17.7 Å². The molecule has 3 amide bonds. The fourth-order valence-electron chi connectivity index (χ4n) is 3.37. The molecule has 1 aromatic carbocycles. The van der Waals surface area contributed by atoms with Crippen LogP contribution in [0.4, 0.5) is 11.4 Å². The molecule has 0 saturated carbocycles. The van der Waals surface area contributed by atoms with Crippen molar-refractivity contribution in [3.05, 3.63) is 46.2 Å². The lowest BCUT2D eigenvalue weighted by Crippen LogP contribution is -2.29. The Bertz CT molecular complexity index is 860. The molecule has 1 atom stereocenters. The Hall–Kier alpha value is -2.87. The first-order valence-corrected chi connectivity index (χ1v) is 10.1. The Morgan fingerprint density at radius 2 is 1.96 bits per heavy atom. The normalized spacial score (nSPS) is 14.5. The number of carbonyl (C=O) groups is 3. The van der Waals surface area contributed by atoms with E-state index in [0.29, 0.717) is 11.3 Å². The topological polar surface area (TPSA) is 105 Å². The molecular weight excluding hydrogens is 376 g/mol. The minimum Gasteiger partial charge on any atom is -0.370 e. The molecule has 1 unspecified atom stereocenters. The van der Waals surface area contributed by atoms with Crippen molar-refractivity contribution in [1.29, 1.82) is 0 Å². The van der Waals surface area contributed by atoms with Gasteiger partial charge in [0.1, 0.15) is 0 Å². The van der Waals surface area contributed by atoms with Gasteiger partial charge in [-0.2, -0.15) is 0 Å². The quantitative estimate of drug-likeness (QED) is 0.664. The molecule has 0 bridgehead atoms. The van der Waals surface area contributed by atoms with E-state index in [0.717, 1.165) is 36.5 Å². The van der Waals surface area contributed by atoms with Crippen molar-refractivity contribution in [3.8, 4) is 0 Å². The van der Waals surface area contributed by atoms with Crippen molar-refractivity contribution in [2.75, 3.05) is 23.3 Å². The average molecular weight is 401 g/mol. The Labute approximate surface area is 167 Å². The van der Waals surface area contributed by atoms with Gasteiger partial charge in [0.05, 0.1) is 23.8 Å². The van der Waals surface area contributed by atoms with Gasteiger partial charge < -0.3 is 21.3 Å². The van der Waals surface area contributed by atoms with Crippen LogP contribution in [-0.2, 0) is 9.59 Å². The summed E-state index contributed by atoms with van der Waals surface area (Å²) < 4.78 is 0. The van der Waals surface area contributed by atoms with Crippen molar-refractivity contribution >= 4 is 40.4 Å². The number of anilines is 2. The largest absolute Gasteiger partial charge is 0.370 e. The SMILES string of the molecule is CC(=O)NC(CC(=O)Nc1cc(C(N)=O)ccc1N1CCCC1)c1cccs1. The van der Waals surface area contributed by atoms with Gasteiger partial charge in [0, 0.05) is 30.5 Å². The molecule has 0 radical (unpaired) electrons. The van der Waals surface area contributed by atoms with E-state index < -0.39 is 11.9 Å². The lowest BCUT2D eigenvalue weighted by molar-refractivity contribution is -0.120. The zero-order chi connectivity index (χ0) is 20.1. The summed E-state index contributed by atoms with van der Waals surface area (Å²) in [6.07, 6.45) is 2.28. The molecule has 0 spiro atoms. The number of benzene rings is 1. The summed E-state index contributed by atoms with van der Waals surface area (Å²) in [5.41, 5.74) is 7.19.